The molecule has 1 aromatic heterocycles. The Balaban J connectivity index is 0.000000354. The minimum atomic E-state index is -0.250. The molecule has 1 rings (SSSR count). The zero-order valence-electron chi connectivity index (χ0n) is 7.63. The summed E-state index contributed by atoms with van der Waals surface area (Å²) >= 11 is 0. The van der Waals surface area contributed by atoms with Crippen molar-refractivity contribution in [1.29, 1.82) is 0 Å². The van der Waals surface area contributed by atoms with Crippen molar-refractivity contribution >= 4 is 6.47 Å². The predicted molar refractivity (Wildman–Crippen MR) is 46.3 cm³/mol. The van der Waals surface area contributed by atoms with Crippen molar-refractivity contribution in [2.24, 2.45) is 0 Å². The molecule has 0 saturated carbocycles. The second-order valence-corrected chi connectivity index (χ2v) is 2.41. The highest BCUT2D eigenvalue weighted by Crippen LogP contribution is 2.14. The van der Waals surface area contributed by atoms with Crippen LogP contribution >= 0.6 is 0 Å². The van der Waals surface area contributed by atoms with Crippen molar-refractivity contribution in [2.45, 2.75) is 27.2 Å². The Morgan fingerprint density at radius 1 is 1.58 bits per heavy atom. The van der Waals surface area contributed by atoms with Gasteiger partial charge in [-0.2, -0.15) is 0 Å². The van der Waals surface area contributed by atoms with Crippen LogP contribution in [0.15, 0.2) is 10.7 Å². The van der Waals surface area contributed by atoms with Gasteiger partial charge in [0.05, 0.1) is 6.26 Å². The highest BCUT2D eigenvalue weighted by Gasteiger charge is 2.01. The van der Waals surface area contributed by atoms with E-state index in [0.29, 0.717) is 0 Å². The molecule has 1 aromatic rings. The molecule has 68 valence electrons. The van der Waals surface area contributed by atoms with Crippen LogP contribution in [0.2, 0.25) is 0 Å². The van der Waals surface area contributed by atoms with Crippen LogP contribution in [0.4, 0.5) is 0 Å². The largest absolute Gasteiger partial charge is 0.483 e. The first-order chi connectivity index (χ1) is 5.67. The second kappa shape index (κ2) is 5.41. The predicted octanol–water partition coefficient (Wildman–Crippen LogP) is 2.16. The van der Waals surface area contributed by atoms with Crippen molar-refractivity contribution in [2.75, 3.05) is 0 Å². The SMILES string of the molecule is CCc1c(C)coc1C.O=CO. The molecule has 1 heterocycles. The molecular weight excluding hydrogens is 156 g/mol. The normalized spacial score (nSPS) is 8.58. The zero-order valence-corrected chi connectivity index (χ0v) is 7.63. The molecule has 0 aliphatic rings. The van der Waals surface area contributed by atoms with Crippen molar-refractivity contribution in [3.05, 3.63) is 23.2 Å². The van der Waals surface area contributed by atoms with E-state index in [2.05, 4.69) is 13.8 Å². The highest BCUT2D eigenvalue weighted by molar-refractivity contribution is 5.32. The molecule has 0 aromatic carbocycles. The van der Waals surface area contributed by atoms with E-state index in [0.717, 1.165) is 12.2 Å². The average Bonchev–Trinajstić information content (AvgIpc) is 2.33. The number of rotatable bonds is 1. The number of furan rings is 1. The van der Waals surface area contributed by atoms with Crippen LogP contribution in [-0.4, -0.2) is 11.6 Å². The molecule has 0 aliphatic carbocycles. The standard InChI is InChI=1S/C8H12O.CH2O2/c1-4-8-6(2)5-9-7(8)3;2-1-3/h5H,4H2,1-3H3;1H,(H,2,3). The van der Waals surface area contributed by atoms with Gasteiger partial charge < -0.3 is 9.52 Å². The molecule has 0 spiro atoms. The van der Waals surface area contributed by atoms with Gasteiger partial charge in [-0.3, -0.25) is 4.79 Å². The molecule has 12 heavy (non-hydrogen) atoms. The van der Waals surface area contributed by atoms with Crippen molar-refractivity contribution in [3.8, 4) is 0 Å². The van der Waals surface area contributed by atoms with E-state index in [9.17, 15) is 0 Å². The van der Waals surface area contributed by atoms with Gasteiger partial charge in [0.2, 0.25) is 0 Å². The molecule has 1 N–H and O–H groups in total. The van der Waals surface area contributed by atoms with Gasteiger partial charge in [0.15, 0.2) is 0 Å². The average molecular weight is 170 g/mol. The first kappa shape index (κ1) is 10.8. The molecule has 0 fully saturated rings. The number of aryl methyl sites for hydroxylation is 2. The van der Waals surface area contributed by atoms with Gasteiger partial charge in [-0.1, -0.05) is 6.92 Å². The first-order valence-corrected chi connectivity index (χ1v) is 3.78. The summed E-state index contributed by atoms with van der Waals surface area (Å²) in [6.45, 7) is 5.98. The van der Waals surface area contributed by atoms with Crippen LogP contribution in [0.3, 0.4) is 0 Å². The molecule has 3 heteroatoms. The van der Waals surface area contributed by atoms with E-state index in [1.807, 2.05) is 13.2 Å². The summed E-state index contributed by atoms with van der Waals surface area (Å²) in [5.41, 5.74) is 2.63. The number of hydrogen-bond acceptors (Lipinski definition) is 2. The van der Waals surface area contributed by atoms with E-state index in [-0.39, 0.29) is 6.47 Å². The Labute approximate surface area is 72.0 Å². The van der Waals surface area contributed by atoms with Crippen molar-refractivity contribution in [3.63, 3.8) is 0 Å². The summed E-state index contributed by atoms with van der Waals surface area (Å²) in [6, 6.07) is 0. The quantitative estimate of drug-likeness (QED) is 0.657. The maximum atomic E-state index is 8.36. The van der Waals surface area contributed by atoms with Gasteiger partial charge in [-0.25, -0.2) is 0 Å². The summed E-state index contributed by atoms with van der Waals surface area (Å²) < 4.78 is 5.19. The lowest BCUT2D eigenvalue weighted by atomic mass is 10.1. The van der Waals surface area contributed by atoms with E-state index in [1.54, 1.807) is 0 Å². The van der Waals surface area contributed by atoms with Gasteiger partial charge in [0.1, 0.15) is 5.76 Å². The maximum absolute atomic E-state index is 8.36. The lowest BCUT2D eigenvalue weighted by Crippen LogP contribution is -1.80. The van der Waals surface area contributed by atoms with E-state index in [4.69, 9.17) is 14.3 Å². The Bertz CT molecular complexity index is 218. The zero-order chi connectivity index (χ0) is 9.56. The van der Waals surface area contributed by atoms with Gasteiger partial charge in [-0.05, 0) is 31.4 Å². The van der Waals surface area contributed by atoms with Crippen LogP contribution in [0.5, 0.6) is 0 Å². The van der Waals surface area contributed by atoms with Crippen LogP contribution in [-0.2, 0) is 11.2 Å². The van der Waals surface area contributed by atoms with Gasteiger partial charge in [0.25, 0.3) is 6.47 Å². The Morgan fingerprint density at radius 2 is 2.08 bits per heavy atom. The number of hydrogen-bond donors (Lipinski definition) is 1. The molecular formula is C9H14O3. The second-order valence-electron chi connectivity index (χ2n) is 2.41. The smallest absolute Gasteiger partial charge is 0.290 e. The molecule has 0 saturated heterocycles. The monoisotopic (exact) mass is 170 g/mol. The third kappa shape index (κ3) is 2.78. The Morgan fingerprint density at radius 3 is 2.25 bits per heavy atom. The lowest BCUT2D eigenvalue weighted by Gasteiger charge is -1.91. The number of carbonyl (C=O) groups is 1. The van der Waals surface area contributed by atoms with Crippen LogP contribution in [0, 0.1) is 13.8 Å². The third-order valence-corrected chi connectivity index (χ3v) is 1.67. The molecule has 0 radical (unpaired) electrons. The van der Waals surface area contributed by atoms with Crippen molar-refractivity contribution in [1.82, 2.24) is 0 Å². The summed E-state index contributed by atoms with van der Waals surface area (Å²) in [4.78, 5) is 8.36. The molecule has 3 nitrogen and oxygen atoms in total. The molecule has 0 aliphatic heterocycles. The van der Waals surface area contributed by atoms with Gasteiger partial charge in [-0.15, -0.1) is 0 Å². The summed E-state index contributed by atoms with van der Waals surface area (Å²) in [7, 11) is 0. The van der Waals surface area contributed by atoms with E-state index < -0.39 is 0 Å². The Hall–Kier alpha value is -1.25. The maximum Gasteiger partial charge on any atom is 0.290 e. The minimum absolute atomic E-state index is 0.250. The Kier molecular flexibility index (Phi) is 4.84. The fourth-order valence-electron chi connectivity index (χ4n) is 1.12. The van der Waals surface area contributed by atoms with Crippen molar-refractivity contribution < 1.29 is 14.3 Å². The first-order valence-electron chi connectivity index (χ1n) is 3.78. The minimum Gasteiger partial charge on any atom is -0.483 e. The fraction of sp³-hybridized carbons (Fsp3) is 0.444. The fourth-order valence-corrected chi connectivity index (χ4v) is 1.12. The number of carboxylic acid groups (broad SMARTS) is 1. The summed E-state index contributed by atoms with van der Waals surface area (Å²) in [5.74, 6) is 1.06. The van der Waals surface area contributed by atoms with Crippen LogP contribution in [0.1, 0.15) is 23.8 Å². The van der Waals surface area contributed by atoms with Crippen LogP contribution < -0.4 is 0 Å². The van der Waals surface area contributed by atoms with E-state index >= 15 is 0 Å². The summed E-state index contributed by atoms with van der Waals surface area (Å²) in [6.07, 6.45) is 2.89. The summed E-state index contributed by atoms with van der Waals surface area (Å²) in [5, 5.41) is 6.89. The van der Waals surface area contributed by atoms with Crippen LogP contribution in [0.25, 0.3) is 0 Å². The topological polar surface area (TPSA) is 50.4 Å². The van der Waals surface area contributed by atoms with Gasteiger partial charge >= 0.3 is 0 Å². The highest BCUT2D eigenvalue weighted by atomic mass is 16.3. The van der Waals surface area contributed by atoms with Gasteiger partial charge in [0, 0.05) is 0 Å². The lowest BCUT2D eigenvalue weighted by molar-refractivity contribution is -0.122. The molecule has 0 atom stereocenters. The third-order valence-electron chi connectivity index (χ3n) is 1.67. The molecule has 0 unspecified atom stereocenters. The van der Waals surface area contributed by atoms with E-state index in [1.165, 1.54) is 11.1 Å². The molecule has 0 bridgehead atoms. The molecule has 0 amide bonds.